The first-order chi connectivity index (χ1) is 8.52. The molecule has 3 heteroatoms. The Balaban J connectivity index is 2.02. The monoisotopic (exact) mass is 250 g/mol. The van der Waals surface area contributed by atoms with Gasteiger partial charge in [0.05, 0.1) is 0 Å². The lowest BCUT2D eigenvalue weighted by Gasteiger charge is -2.37. The van der Waals surface area contributed by atoms with Crippen LogP contribution in [0.5, 0.6) is 0 Å². The van der Waals surface area contributed by atoms with E-state index in [-0.39, 0.29) is 12.4 Å². The van der Waals surface area contributed by atoms with Gasteiger partial charge in [-0.15, -0.1) is 0 Å². The summed E-state index contributed by atoms with van der Waals surface area (Å²) in [6.07, 6.45) is 2.37. The molecule has 2 N–H and O–H groups in total. The van der Waals surface area contributed by atoms with E-state index in [2.05, 4.69) is 18.7 Å². The fourth-order valence-electron chi connectivity index (χ4n) is 2.47. The number of rotatable bonds is 3. The second kappa shape index (κ2) is 5.37. The maximum atomic E-state index is 14.1. The van der Waals surface area contributed by atoms with Crippen molar-refractivity contribution in [1.29, 1.82) is 0 Å². The predicted octanol–water partition coefficient (Wildman–Crippen LogP) is 2.91. The number of halogens is 1. The Morgan fingerprint density at radius 3 is 2.44 bits per heavy atom. The molecule has 0 unspecified atom stereocenters. The van der Waals surface area contributed by atoms with Crippen LogP contribution in [-0.2, 0) is 13.1 Å². The molecule has 18 heavy (non-hydrogen) atoms. The van der Waals surface area contributed by atoms with Crippen LogP contribution in [0.15, 0.2) is 18.2 Å². The van der Waals surface area contributed by atoms with Gasteiger partial charge in [0.2, 0.25) is 0 Å². The molecule has 0 aliphatic carbocycles. The van der Waals surface area contributed by atoms with E-state index in [1.54, 1.807) is 6.07 Å². The maximum absolute atomic E-state index is 14.1. The lowest BCUT2D eigenvalue weighted by Crippen LogP contribution is -2.37. The largest absolute Gasteiger partial charge is 0.326 e. The number of hydrogen-bond donors (Lipinski definition) is 1. The molecule has 100 valence electrons. The number of benzene rings is 1. The van der Waals surface area contributed by atoms with E-state index in [4.69, 9.17) is 5.73 Å². The minimum Gasteiger partial charge on any atom is -0.326 e. The zero-order chi connectivity index (χ0) is 13.2. The summed E-state index contributed by atoms with van der Waals surface area (Å²) in [6, 6.07) is 5.53. The predicted molar refractivity (Wildman–Crippen MR) is 72.6 cm³/mol. The van der Waals surface area contributed by atoms with Crippen LogP contribution >= 0.6 is 0 Å². The van der Waals surface area contributed by atoms with Crippen LogP contribution in [0, 0.1) is 11.2 Å². The molecule has 1 aliphatic rings. The van der Waals surface area contributed by atoms with E-state index in [9.17, 15) is 4.39 Å². The van der Waals surface area contributed by atoms with Gasteiger partial charge in [0.15, 0.2) is 0 Å². The third-order valence-corrected chi connectivity index (χ3v) is 3.98. The molecule has 1 aliphatic heterocycles. The third-order valence-electron chi connectivity index (χ3n) is 3.98. The van der Waals surface area contributed by atoms with Crippen molar-refractivity contribution in [2.45, 2.75) is 39.8 Å². The van der Waals surface area contributed by atoms with Gasteiger partial charge in [-0.3, -0.25) is 4.90 Å². The smallest absolute Gasteiger partial charge is 0.132 e. The third kappa shape index (κ3) is 3.09. The second-order valence-corrected chi connectivity index (χ2v) is 6.03. The zero-order valence-corrected chi connectivity index (χ0v) is 11.4. The molecule has 0 saturated carbocycles. The standard InChI is InChI=1S/C15H23FN2/c1-15(2)6-8-18(9-7-15)11-13-5-3-4-12(10-17)14(13)16/h3-5H,6-11,17H2,1-2H3. The Morgan fingerprint density at radius 1 is 1.22 bits per heavy atom. The van der Waals surface area contributed by atoms with E-state index in [0.717, 1.165) is 18.7 Å². The van der Waals surface area contributed by atoms with Crippen LogP contribution in [0.3, 0.4) is 0 Å². The van der Waals surface area contributed by atoms with Crippen molar-refractivity contribution in [3.63, 3.8) is 0 Å². The number of nitrogens with zero attached hydrogens (tertiary/aromatic N) is 1. The summed E-state index contributed by atoms with van der Waals surface area (Å²) in [6.45, 7) is 7.70. The molecular formula is C15H23FN2. The molecule has 2 rings (SSSR count). The van der Waals surface area contributed by atoms with Gasteiger partial charge in [-0.2, -0.15) is 0 Å². The quantitative estimate of drug-likeness (QED) is 0.893. The van der Waals surface area contributed by atoms with E-state index in [0.29, 0.717) is 17.5 Å². The molecule has 0 aromatic heterocycles. The minimum atomic E-state index is -0.121. The molecular weight excluding hydrogens is 227 g/mol. The number of likely N-dealkylation sites (tertiary alicyclic amines) is 1. The fourth-order valence-corrected chi connectivity index (χ4v) is 2.47. The van der Waals surface area contributed by atoms with E-state index in [1.165, 1.54) is 12.8 Å². The van der Waals surface area contributed by atoms with Crippen molar-refractivity contribution < 1.29 is 4.39 Å². The van der Waals surface area contributed by atoms with Gasteiger partial charge < -0.3 is 5.73 Å². The first-order valence-electron chi connectivity index (χ1n) is 6.70. The van der Waals surface area contributed by atoms with Gasteiger partial charge in [0.1, 0.15) is 5.82 Å². The highest BCUT2D eigenvalue weighted by Crippen LogP contribution is 2.30. The van der Waals surface area contributed by atoms with Gasteiger partial charge in [-0.1, -0.05) is 32.0 Å². The highest BCUT2D eigenvalue weighted by molar-refractivity contribution is 5.25. The van der Waals surface area contributed by atoms with Crippen LogP contribution in [0.2, 0.25) is 0 Å². The van der Waals surface area contributed by atoms with E-state index >= 15 is 0 Å². The molecule has 1 heterocycles. The van der Waals surface area contributed by atoms with Gasteiger partial charge in [0, 0.05) is 24.2 Å². The number of hydrogen-bond acceptors (Lipinski definition) is 2. The van der Waals surface area contributed by atoms with Crippen LogP contribution < -0.4 is 5.73 Å². The first-order valence-corrected chi connectivity index (χ1v) is 6.70. The SMILES string of the molecule is CC1(C)CCN(Cc2cccc(CN)c2F)CC1. The summed E-state index contributed by atoms with van der Waals surface area (Å²) < 4.78 is 14.1. The molecule has 1 aromatic carbocycles. The summed E-state index contributed by atoms with van der Waals surface area (Å²) in [4.78, 5) is 2.34. The topological polar surface area (TPSA) is 29.3 Å². The highest BCUT2D eigenvalue weighted by atomic mass is 19.1. The second-order valence-electron chi connectivity index (χ2n) is 6.03. The molecule has 0 amide bonds. The van der Waals surface area contributed by atoms with Crippen LogP contribution in [-0.4, -0.2) is 18.0 Å². The summed E-state index contributed by atoms with van der Waals surface area (Å²) >= 11 is 0. The molecule has 0 radical (unpaired) electrons. The van der Waals surface area contributed by atoms with Gasteiger partial charge in [-0.05, 0) is 31.3 Å². The summed E-state index contributed by atoms with van der Waals surface area (Å²) in [7, 11) is 0. The highest BCUT2D eigenvalue weighted by Gasteiger charge is 2.25. The van der Waals surface area contributed by atoms with Crippen molar-refractivity contribution in [2.75, 3.05) is 13.1 Å². The van der Waals surface area contributed by atoms with Crippen molar-refractivity contribution in [3.8, 4) is 0 Å². The average molecular weight is 250 g/mol. The maximum Gasteiger partial charge on any atom is 0.132 e. The zero-order valence-electron chi connectivity index (χ0n) is 11.4. The molecule has 2 nitrogen and oxygen atoms in total. The number of nitrogens with two attached hydrogens (primary N) is 1. The average Bonchev–Trinajstić information content (AvgIpc) is 2.34. The lowest BCUT2D eigenvalue weighted by atomic mass is 9.82. The first kappa shape index (κ1) is 13.5. The summed E-state index contributed by atoms with van der Waals surface area (Å²) in [5, 5.41) is 0. The van der Waals surface area contributed by atoms with E-state index in [1.807, 2.05) is 12.1 Å². The van der Waals surface area contributed by atoms with Crippen LogP contribution in [0.25, 0.3) is 0 Å². The Bertz CT molecular complexity index is 405. The Labute approximate surface area is 109 Å². The summed E-state index contributed by atoms with van der Waals surface area (Å²) in [5.74, 6) is -0.121. The lowest BCUT2D eigenvalue weighted by molar-refractivity contribution is 0.126. The Morgan fingerprint density at radius 2 is 1.83 bits per heavy atom. The Kier molecular flexibility index (Phi) is 4.03. The minimum absolute atomic E-state index is 0.121. The van der Waals surface area contributed by atoms with Crippen molar-refractivity contribution in [1.82, 2.24) is 4.90 Å². The fraction of sp³-hybridized carbons (Fsp3) is 0.600. The summed E-state index contributed by atoms with van der Waals surface area (Å²) in [5.41, 5.74) is 7.36. The number of piperidine rings is 1. The molecule has 0 atom stereocenters. The normalized spacial score (nSPS) is 20.0. The molecule has 1 saturated heterocycles. The van der Waals surface area contributed by atoms with Crippen LogP contribution in [0.4, 0.5) is 4.39 Å². The Hall–Kier alpha value is -0.930. The van der Waals surface area contributed by atoms with Crippen molar-refractivity contribution in [2.24, 2.45) is 11.1 Å². The molecule has 1 fully saturated rings. The van der Waals surface area contributed by atoms with Gasteiger partial charge in [-0.25, -0.2) is 4.39 Å². The van der Waals surface area contributed by atoms with E-state index < -0.39 is 0 Å². The molecule has 0 bridgehead atoms. The van der Waals surface area contributed by atoms with Crippen LogP contribution in [0.1, 0.15) is 37.8 Å². The van der Waals surface area contributed by atoms with Crippen molar-refractivity contribution in [3.05, 3.63) is 35.1 Å². The molecule has 0 spiro atoms. The van der Waals surface area contributed by atoms with Gasteiger partial charge >= 0.3 is 0 Å². The van der Waals surface area contributed by atoms with Crippen molar-refractivity contribution >= 4 is 0 Å². The van der Waals surface area contributed by atoms with Gasteiger partial charge in [0.25, 0.3) is 0 Å². The molecule has 1 aromatic rings.